The highest BCUT2D eigenvalue weighted by molar-refractivity contribution is 5.81. The minimum Gasteiger partial charge on any atom is -0.300 e. The molecule has 0 aromatic heterocycles. The monoisotopic (exact) mass is 227 g/mol. The number of nitrogens with zero attached hydrogens (tertiary/aromatic N) is 1. The SMILES string of the molecule is Cc1ccc([C@H]2CC(=O)C[C@@H]3C=CCN23)cc1. The van der Waals surface area contributed by atoms with E-state index in [9.17, 15) is 4.79 Å². The molecular formula is C15H17NO. The first-order valence-corrected chi connectivity index (χ1v) is 6.25. The zero-order valence-corrected chi connectivity index (χ0v) is 10.1. The molecule has 2 atom stereocenters. The maximum Gasteiger partial charge on any atom is 0.136 e. The van der Waals surface area contributed by atoms with Crippen molar-refractivity contribution in [2.75, 3.05) is 6.54 Å². The predicted molar refractivity (Wildman–Crippen MR) is 67.8 cm³/mol. The second-order valence-corrected chi connectivity index (χ2v) is 5.07. The first-order valence-electron chi connectivity index (χ1n) is 6.25. The number of carbonyl (C=O) groups is 1. The molecule has 0 saturated carbocycles. The Balaban J connectivity index is 1.90. The average Bonchev–Trinajstić information content (AvgIpc) is 2.77. The van der Waals surface area contributed by atoms with Gasteiger partial charge in [-0.05, 0) is 12.5 Å². The quantitative estimate of drug-likeness (QED) is 0.687. The topological polar surface area (TPSA) is 20.3 Å². The molecule has 0 bridgehead atoms. The molecule has 1 fully saturated rings. The molecule has 3 rings (SSSR count). The molecular weight excluding hydrogens is 210 g/mol. The van der Waals surface area contributed by atoms with E-state index in [2.05, 4.69) is 48.2 Å². The van der Waals surface area contributed by atoms with Crippen molar-refractivity contribution >= 4 is 5.78 Å². The smallest absolute Gasteiger partial charge is 0.136 e. The van der Waals surface area contributed by atoms with E-state index < -0.39 is 0 Å². The Labute approximate surface area is 102 Å². The standard InChI is InChI=1S/C15H17NO/c1-11-4-6-12(7-5-11)15-10-14(17)9-13-3-2-8-16(13)15/h2-7,13,15H,8-10H2,1H3/t13-,15+/m0/s1. The van der Waals surface area contributed by atoms with Gasteiger partial charge in [-0.25, -0.2) is 0 Å². The fraction of sp³-hybridized carbons (Fsp3) is 0.400. The molecule has 2 heterocycles. The van der Waals surface area contributed by atoms with Gasteiger partial charge in [-0.2, -0.15) is 0 Å². The van der Waals surface area contributed by atoms with Crippen LogP contribution in [0, 0.1) is 6.92 Å². The number of ketones is 1. The highest BCUT2D eigenvalue weighted by Gasteiger charge is 2.35. The molecule has 1 aromatic rings. The summed E-state index contributed by atoms with van der Waals surface area (Å²) in [6.07, 6.45) is 5.73. The van der Waals surface area contributed by atoms with E-state index in [1.807, 2.05) is 0 Å². The summed E-state index contributed by atoms with van der Waals surface area (Å²) in [5.74, 6) is 0.392. The van der Waals surface area contributed by atoms with Crippen LogP contribution in [0.25, 0.3) is 0 Å². The first-order chi connectivity index (χ1) is 8.24. The molecule has 2 aliphatic heterocycles. The van der Waals surface area contributed by atoms with Crippen LogP contribution in [0.5, 0.6) is 0 Å². The summed E-state index contributed by atoms with van der Waals surface area (Å²) >= 11 is 0. The van der Waals surface area contributed by atoms with Crippen molar-refractivity contribution in [3.05, 3.63) is 47.5 Å². The van der Waals surface area contributed by atoms with Crippen molar-refractivity contribution in [2.24, 2.45) is 0 Å². The number of hydrogen-bond donors (Lipinski definition) is 0. The zero-order chi connectivity index (χ0) is 11.8. The summed E-state index contributed by atoms with van der Waals surface area (Å²) in [4.78, 5) is 14.2. The van der Waals surface area contributed by atoms with Crippen molar-refractivity contribution in [3.63, 3.8) is 0 Å². The van der Waals surface area contributed by atoms with Gasteiger partial charge in [0.15, 0.2) is 0 Å². The third-order valence-corrected chi connectivity index (χ3v) is 3.82. The van der Waals surface area contributed by atoms with Crippen molar-refractivity contribution in [2.45, 2.75) is 31.8 Å². The van der Waals surface area contributed by atoms with Crippen LogP contribution in [0.2, 0.25) is 0 Å². The van der Waals surface area contributed by atoms with Crippen LogP contribution < -0.4 is 0 Å². The van der Waals surface area contributed by atoms with E-state index in [1.165, 1.54) is 11.1 Å². The van der Waals surface area contributed by atoms with Gasteiger partial charge in [0.1, 0.15) is 5.78 Å². The summed E-state index contributed by atoms with van der Waals surface area (Å²) in [5.41, 5.74) is 2.55. The second-order valence-electron chi connectivity index (χ2n) is 5.07. The molecule has 2 heteroatoms. The van der Waals surface area contributed by atoms with E-state index in [1.54, 1.807) is 0 Å². The number of hydrogen-bond acceptors (Lipinski definition) is 2. The predicted octanol–water partition coefficient (Wildman–Crippen LogP) is 2.64. The summed E-state index contributed by atoms with van der Waals surface area (Å²) in [7, 11) is 0. The molecule has 0 radical (unpaired) electrons. The van der Waals surface area contributed by atoms with Crippen LogP contribution >= 0.6 is 0 Å². The zero-order valence-electron chi connectivity index (χ0n) is 10.1. The van der Waals surface area contributed by atoms with Crippen LogP contribution in [-0.4, -0.2) is 23.3 Å². The Kier molecular flexibility index (Phi) is 2.60. The fourth-order valence-corrected chi connectivity index (χ4v) is 2.88. The lowest BCUT2D eigenvalue weighted by atomic mass is 9.91. The Morgan fingerprint density at radius 1 is 1.18 bits per heavy atom. The average molecular weight is 227 g/mol. The summed E-state index contributed by atoms with van der Waals surface area (Å²) in [6.45, 7) is 3.08. The molecule has 0 spiro atoms. The summed E-state index contributed by atoms with van der Waals surface area (Å²) in [6, 6.07) is 9.20. The second kappa shape index (κ2) is 4.11. The van der Waals surface area contributed by atoms with Gasteiger partial charge in [0, 0.05) is 31.5 Å². The molecule has 1 saturated heterocycles. The number of Topliss-reactive ketones (excluding diaryl/α,β-unsaturated/α-hetero) is 1. The lowest BCUT2D eigenvalue weighted by Crippen LogP contribution is -2.41. The molecule has 1 aromatic carbocycles. The van der Waals surface area contributed by atoms with Crippen LogP contribution in [0.15, 0.2) is 36.4 Å². The number of benzene rings is 1. The van der Waals surface area contributed by atoms with Crippen molar-refractivity contribution in [1.82, 2.24) is 4.90 Å². The molecule has 2 nitrogen and oxygen atoms in total. The third-order valence-electron chi connectivity index (χ3n) is 3.82. The minimum atomic E-state index is 0.275. The van der Waals surface area contributed by atoms with E-state index in [0.29, 0.717) is 24.7 Å². The van der Waals surface area contributed by atoms with Crippen molar-refractivity contribution in [3.8, 4) is 0 Å². The highest BCUT2D eigenvalue weighted by Crippen LogP contribution is 2.35. The van der Waals surface area contributed by atoms with Gasteiger partial charge in [0.2, 0.25) is 0 Å². The third kappa shape index (κ3) is 1.93. The van der Waals surface area contributed by atoms with E-state index >= 15 is 0 Å². The van der Waals surface area contributed by atoms with Crippen LogP contribution in [-0.2, 0) is 4.79 Å². The van der Waals surface area contributed by atoms with E-state index in [0.717, 1.165) is 6.54 Å². The normalized spacial score (nSPS) is 28.4. The van der Waals surface area contributed by atoms with Gasteiger partial charge in [0.25, 0.3) is 0 Å². The first kappa shape index (κ1) is 10.7. The number of carbonyl (C=O) groups excluding carboxylic acids is 1. The van der Waals surface area contributed by atoms with Gasteiger partial charge < -0.3 is 0 Å². The largest absolute Gasteiger partial charge is 0.300 e. The van der Waals surface area contributed by atoms with E-state index in [-0.39, 0.29) is 6.04 Å². The molecule has 2 aliphatic rings. The summed E-state index contributed by atoms with van der Waals surface area (Å²) < 4.78 is 0. The number of aryl methyl sites for hydroxylation is 1. The Bertz CT molecular complexity index is 460. The molecule has 0 unspecified atom stereocenters. The van der Waals surface area contributed by atoms with E-state index in [4.69, 9.17) is 0 Å². The van der Waals surface area contributed by atoms with Crippen LogP contribution in [0.1, 0.15) is 30.0 Å². The lowest BCUT2D eigenvalue weighted by Gasteiger charge is -2.37. The summed E-state index contributed by atoms with van der Waals surface area (Å²) in [5, 5.41) is 0. The number of rotatable bonds is 1. The Hall–Kier alpha value is -1.41. The number of fused-ring (bicyclic) bond motifs is 1. The van der Waals surface area contributed by atoms with Gasteiger partial charge in [-0.15, -0.1) is 0 Å². The molecule has 0 amide bonds. The van der Waals surface area contributed by atoms with Gasteiger partial charge in [-0.3, -0.25) is 9.69 Å². The number of piperidine rings is 1. The maximum atomic E-state index is 11.8. The van der Waals surface area contributed by atoms with Gasteiger partial charge >= 0.3 is 0 Å². The Morgan fingerprint density at radius 3 is 2.71 bits per heavy atom. The van der Waals surface area contributed by atoms with Crippen molar-refractivity contribution in [1.29, 1.82) is 0 Å². The molecule has 17 heavy (non-hydrogen) atoms. The fourth-order valence-electron chi connectivity index (χ4n) is 2.88. The molecule has 88 valence electrons. The van der Waals surface area contributed by atoms with Crippen LogP contribution in [0.3, 0.4) is 0 Å². The highest BCUT2D eigenvalue weighted by atomic mass is 16.1. The molecule has 0 N–H and O–H groups in total. The van der Waals surface area contributed by atoms with Gasteiger partial charge in [0.05, 0.1) is 0 Å². The molecule has 0 aliphatic carbocycles. The minimum absolute atomic E-state index is 0.275. The van der Waals surface area contributed by atoms with Crippen LogP contribution in [0.4, 0.5) is 0 Å². The maximum absolute atomic E-state index is 11.8. The van der Waals surface area contributed by atoms with Crippen molar-refractivity contribution < 1.29 is 4.79 Å². The van der Waals surface area contributed by atoms with Gasteiger partial charge in [-0.1, -0.05) is 42.0 Å². The lowest BCUT2D eigenvalue weighted by molar-refractivity contribution is -0.124. The Morgan fingerprint density at radius 2 is 1.94 bits per heavy atom.